The molecule has 1 heterocycles. The Morgan fingerprint density at radius 3 is 2.74 bits per heavy atom. The minimum absolute atomic E-state index is 0.0192. The Kier molecular flexibility index (Phi) is 4.69. The molecule has 5 heteroatoms. The minimum atomic E-state index is -0.791. The van der Waals surface area contributed by atoms with Crippen molar-refractivity contribution in [3.63, 3.8) is 0 Å². The normalized spacial score (nSPS) is 29.6. The van der Waals surface area contributed by atoms with Gasteiger partial charge < -0.3 is 10.2 Å². The molecule has 2 fully saturated rings. The van der Waals surface area contributed by atoms with Gasteiger partial charge in [-0.1, -0.05) is 25.0 Å². The molecule has 126 valence electrons. The van der Waals surface area contributed by atoms with Gasteiger partial charge in [0.2, 0.25) is 0 Å². The zero-order valence-corrected chi connectivity index (χ0v) is 13.4. The Labute approximate surface area is 135 Å². The van der Waals surface area contributed by atoms with Crippen molar-refractivity contribution < 1.29 is 19.4 Å². The number of aliphatic hydroxyl groups is 1. The third-order valence-electron chi connectivity index (χ3n) is 5.49. The molecular weight excluding hydrogens is 297 g/mol. The van der Waals surface area contributed by atoms with Gasteiger partial charge in [-0.3, -0.25) is 9.69 Å². The highest BCUT2D eigenvalue weighted by Crippen LogP contribution is 2.41. The number of halogens is 1. The van der Waals surface area contributed by atoms with Crippen molar-refractivity contribution in [2.45, 2.75) is 44.2 Å². The summed E-state index contributed by atoms with van der Waals surface area (Å²) >= 11 is 0. The molecule has 1 aliphatic heterocycles. The third-order valence-corrected chi connectivity index (χ3v) is 5.49. The van der Waals surface area contributed by atoms with Gasteiger partial charge in [0.25, 0.3) is 0 Å². The number of nitrogens with zero attached hydrogens (tertiary/aromatic N) is 1. The molecule has 0 radical (unpaired) electrons. The lowest BCUT2D eigenvalue weighted by Gasteiger charge is -2.29. The van der Waals surface area contributed by atoms with Crippen molar-refractivity contribution in [3.05, 3.63) is 35.6 Å². The van der Waals surface area contributed by atoms with Crippen LogP contribution in [0.1, 0.15) is 37.7 Å². The van der Waals surface area contributed by atoms with Crippen LogP contribution < -0.4 is 0 Å². The molecule has 2 N–H and O–H groups in total. The number of benzene rings is 1. The number of aliphatic carboxylic acids is 1. The lowest BCUT2D eigenvalue weighted by molar-refractivity contribution is -0.144. The fourth-order valence-corrected chi connectivity index (χ4v) is 3.94. The number of hydrogen-bond acceptors (Lipinski definition) is 3. The summed E-state index contributed by atoms with van der Waals surface area (Å²) in [4.78, 5) is 13.7. The van der Waals surface area contributed by atoms with Gasteiger partial charge in [-0.25, -0.2) is 4.39 Å². The van der Waals surface area contributed by atoms with Gasteiger partial charge in [-0.2, -0.15) is 0 Å². The van der Waals surface area contributed by atoms with Crippen LogP contribution in [0.2, 0.25) is 0 Å². The monoisotopic (exact) mass is 321 g/mol. The van der Waals surface area contributed by atoms with Crippen LogP contribution in [0.25, 0.3) is 0 Å². The molecule has 23 heavy (non-hydrogen) atoms. The number of aliphatic hydroxyl groups excluding tert-OH is 1. The van der Waals surface area contributed by atoms with Gasteiger partial charge in [-0.15, -0.1) is 0 Å². The van der Waals surface area contributed by atoms with Gasteiger partial charge in [0.05, 0.1) is 0 Å². The van der Waals surface area contributed by atoms with Crippen LogP contribution in [-0.2, 0) is 4.79 Å². The van der Waals surface area contributed by atoms with Gasteiger partial charge in [0.1, 0.15) is 11.9 Å². The van der Waals surface area contributed by atoms with Crippen LogP contribution in [-0.4, -0.2) is 46.3 Å². The van der Waals surface area contributed by atoms with Crippen molar-refractivity contribution in [2.24, 2.45) is 11.8 Å². The number of carboxylic acid groups (broad SMARTS) is 1. The highest BCUT2D eigenvalue weighted by atomic mass is 19.1. The van der Waals surface area contributed by atoms with E-state index in [-0.39, 0.29) is 30.3 Å². The lowest BCUT2D eigenvalue weighted by Crippen LogP contribution is -2.44. The fourth-order valence-electron chi connectivity index (χ4n) is 3.94. The van der Waals surface area contributed by atoms with Crippen LogP contribution >= 0.6 is 0 Å². The summed E-state index contributed by atoms with van der Waals surface area (Å²) in [5.74, 6) is -0.674. The average Bonchev–Trinajstić information content (AvgIpc) is 3.27. The van der Waals surface area contributed by atoms with Crippen molar-refractivity contribution in [1.82, 2.24) is 4.90 Å². The molecule has 0 aromatic heterocycles. The molecule has 2 aliphatic rings. The average molecular weight is 321 g/mol. The maximum atomic E-state index is 13.5. The van der Waals surface area contributed by atoms with Gasteiger partial charge in [0.15, 0.2) is 0 Å². The fraction of sp³-hybridized carbons (Fsp3) is 0.611. The molecule has 4 atom stereocenters. The van der Waals surface area contributed by atoms with Crippen molar-refractivity contribution in [3.8, 4) is 0 Å². The summed E-state index contributed by atoms with van der Waals surface area (Å²) in [6.45, 7) is 2.51. The zero-order valence-electron chi connectivity index (χ0n) is 13.4. The second-order valence-corrected chi connectivity index (χ2v) is 6.98. The molecule has 0 spiro atoms. The summed E-state index contributed by atoms with van der Waals surface area (Å²) in [6, 6.07) is 5.90. The number of carbonyl (C=O) groups is 1. The molecule has 0 bridgehead atoms. The molecule has 3 rings (SSSR count). The molecule has 1 saturated carbocycles. The van der Waals surface area contributed by atoms with Crippen molar-refractivity contribution in [1.29, 1.82) is 0 Å². The standard InChI is InChI=1S/C18H24FNO3/c1-11-16(10-21)15(13-3-2-4-14(19)8-13)9-20(11)17(18(22)23)7-12-5-6-12/h2-4,8,11-12,15-17,21H,5-7,9-10H2,1H3,(H,22,23). The number of rotatable bonds is 6. The van der Waals surface area contributed by atoms with Crippen LogP contribution in [0.15, 0.2) is 24.3 Å². The van der Waals surface area contributed by atoms with E-state index in [2.05, 4.69) is 0 Å². The molecular formula is C18H24FNO3. The first-order chi connectivity index (χ1) is 11.0. The predicted molar refractivity (Wildman–Crippen MR) is 84.6 cm³/mol. The SMILES string of the molecule is CC1C(CO)C(c2cccc(F)c2)CN1C(CC1CC1)C(=O)O. The summed E-state index contributed by atoms with van der Waals surface area (Å²) in [7, 11) is 0. The van der Waals surface area contributed by atoms with Gasteiger partial charge in [-0.05, 0) is 37.0 Å². The topological polar surface area (TPSA) is 60.8 Å². The molecule has 0 amide bonds. The predicted octanol–water partition coefficient (Wildman–Crippen LogP) is 2.48. The summed E-state index contributed by atoms with van der Waals surface area (Å²) < 4.78 is 13.5. The summed E-state index contributed by atoms with van der Waals surface area (Å²) in [6.07, 6.45) is 2.90. The number of carboxylic acids is 1. The Balaban J connectivity index is 1.83. The largest absolute Gasteiger partial charge is 0.480 e. The smallest absolute Gasteiger partial charge is 0.320 e. The molecule has 1 aliphatic carbocycles. The lowest BCUT2D eigenvalue weighted by atomic mass is 9.86. The van der Waals surface area contributed by atoms with Gasteiger partial charge in [0, 0.05) is 31.0 Å². The molecule has 4 unspecified atom stereocenters. The summed E-state index contributed by atoms with van der Waals surface area (Å²) in [5, 5.41) is 19.4. The van der Waals surface area contributed by atoms with E-state index < -0.39 is 12.0 Å². The van der Waals surface area contributed by atoms with E-state index in [1.54, 1.807) is 6.07 Å². The highest BCUT2D eigenvalue weighted by Gasteiger charge is 2.45. The van der Waals surface area contributed by atoms with Crippen LogP contribution in [0.5, 0.6) is 0 Å². The van der Waals surface area contributed by atoms with E-state index >= 15 is 0 Å². The summed E-state index contributed by atoms with van der Waals surface area (Å²) in [5.41, 5.74) is 0.842. The molecule has 1 aromatic carbocycles. The highest BCUT2D eigenvalue weighted by molar-refractivity contribution is 5.73. The van der Waals surface area contributed by atoms with Crippen molar-refractivity contribution >= 4 is 5.97 Å². The Morgan fingerprint density at radius 2 is 2.17 bits per heavy atom. The first kappa shape index (κ1) is 16.4. The molecule has 1 saturated heterocycles. The van der Waals surface area contributed by atoms with E-state index in [9.17, 15) is 19.4 Å². The Morgan fingerprint density at radius 1 is 1.43 bits per heavy atom. The van der Waals surface area contributed by atoms with E-state index in [1.165, 1.54) is 12.1 Å². The zero-order chi connectivity index (χ0) is 16.6. The van der Waals surface area contributed by atoms with E-state index in [4.69, 9.17) is 0 Å². The van der Waals surface area contributed by atoms with E-state index in [1.807, 2.05) is 17.9 Å². The van der Waals surface area contributed by atoms with Crippen LogP contribution in [0.4, 0.5) is 4.39 Å². The first-order valence-electron chi connectivity index (χ1n) is 8.36. The molecule has 4 nitrogen and oxygen atoms in total. The Hall–Kier alpha value is -1.46. The first-order valence-corrected chi connectivity index (χ1v) is 8.36. The van der Waals surface area contributed by atoms with Crippen LogP contribution in [0, 0.1) is 17.7 Å². The number of likely N-dealkylation sites (tertiary alicyclic amines) is 1. The minimum Gasteiger partial charge on any atom is -0.480 e. The quantitative estimate of drug-likeness (QED) is 0.845. The maximum Gasteiger partial charge on any atom is 0.320 e. The number of hydrogen-bond donors (Lipinski definition) is 2. The van der Waals surface area contributed by atoms with Gasteiger partial charge >= 0.3 is 5.97 Å². The van der Waals surface area contributed by atoms with Crippen LogP contribution in [0.3, 0.4) is 0 Å². The third kappa shape index (κ3) is 3.40. The van der Waals surface area contributed by atoms with E-state index in [0.29, 0.717) is 18.9 Å². The second-order valence-electron chi connectivity index (χ2n) is 6.98. The maximum absolute atomic E-state index is 13.5. The Bertz CT molecular complexity index is 575. The van der Waals surface area contributed by atoms with Crippen molar-refractivity contribution in [2.75, 3.05) is 13.2 Å². The molecule has 1 aromatic rings. The van der Waals surface area contributed by atoms with E-state index in [0.717, 1.165) is 18.4 Å². The second kappa shape index (κ2) is 6.57.